The Morgan fingerprint density at radius 1 is 1.05 bits per heavy atom. The third kappa shape index (κ3) is 2.82. The highest BCUT2D eigenvalue weighted by Crippen LogP contribution is 2.37. The molecular formula is C18H26N2. The van der Waals surface area contributed by atoms with Gasteiger partial charge in [-0.25, -0.2) is 0 Å². The molecule has 0 aromatic heterocycles. The minimum atomic E-state index is 0.328. The van der Waals surface area contributed by atoms with E-state index in [-0.39, 0.29) is 0 Å². The number of hydrazine groups is 1. The molecular weight excluding hydrogens is 244 g/mol. The molecule has 0 spiro atoms. The second-order valence-electron chi connectivity index (χ2n) is 6.22. The lowest BCUT2D eigenvalue weighted by molar-refractivity contribution is 0.427. The smallest absolute Gasteiger partial charge is 0.0488 e. The van der Waals surface area contributed by atoms with Crippen LogP contribution in [0.5, 0.6) is 0 Å². The van der Waals surface area contributed by atoms with Gasteiger partial charge in [-0.05, 0) is 56.1 Å². The monoisotopic (exact) mass is 270 g/mol. The van der Waals surface area contributed by atoms with Crippen molar-refractivity contribution in [3.63, 3.8) is 0 Å². The van der Waals surface area contributed by atoms with E-state index in [4.69, 9.17) is 5.84 Å². The normalized spacial score (nSPS) is 24.4. The summed E-state index contributed by atoms with van der Waals surface area (Å²) in [6.07, 6.45) is 12.7. The van der Waals surface area contributed by atoms with Gasteiger partial charge in [0.2, 0.25) is 0 Å². The summed E-state index contributed by atoms with van der Waals surface area (Å²) in [7, 11) is 0. The zero-order chi connectivity index (χ0) is 13.8. The molecule has 1 aromatic carbocycles. The van der Waals surface area contributed by atoms with Crippen LogP contribution in [-0.2, 0) is 6.42 Å². The number of nitrogens with two attached hydrogens (primary N) is 1. The maximum absolute atomic E-state index is 5.95. The van der Waals surface area contributed by atoms with Crippen molar-refractivity contribution >= 4 is 0 Å². The van der Waals surface area contributed by atoms with E-state index in [0.29, 0.717) is 12.0 Å². The molecule has 2 aliphatic rings. The summed E-state index contributed by atoms with van der Waals surface area (Å²) in [6, 6.07) is 9.26. The number of allylic oxidation sites excluding steroid dienone is 1. The summed E-state index contributed by atoms with van der Waals surface area (Å²) < 4.78 is 0. The first-order valence-electron chi connectivity index (χ1n) is 8.13. The van der Waals surface area contributed by atoms with Gasteiger partial charge in [-0.1, -0.05) is 42.3 Å². The fraction of sp³-hybridized carbons (Fsp3) is 0.556. The molecule has 2 heteroatoms. The third-order valence-electron chi connectivity index (χ3n) is 4.97. The van der Waals surface area contributed by atoms with Crippen LogP contribution in [0.3, 0.4) is 0 Å². The van der Waals surface area contributed by atoms with Crippen LogP contribution in [0.15, 0.2) is 35.9 Å². The van der Waals surface area contributed by atoms with Gasteiger partial charge in [-0.15, -0.1) is 0 Å². The van der Waals surface area contributed by atoms with Crippen molar-refractivity contribution in [1.29, 1.82) is 0 Å². The molecule has 0 saturated heterocycles. The number of hydrogen-bond donors (Lipinski definition) is 2. The lowest BCUT2D eigenvalue weighted by Gasteiger charge is -2.33. The first-order chi connectivity index (χ1) is 9.90. The molecule has 0 fully saturated rings. The Kier molecular flexibility index (Phi) is 4.54. The minimum absolute atomic E-state index is 0.328. The molecule has 0 heterocycles. The Labute approximate surface area is 122 Å². The molecule has 20 heavy (non-hydrogen) atoms. The Balaban J connectivity index is 1.88. The van der Waals surface area contributed by atoms with Crippen LogP contribution in [0.1, 0.15) is 62.0 Å². The summed E-state index contributed by atoms with van der Waals surface area (Å²) >= 11 is 0. The Morgan fingerprint density at radius 2 is 1.95 bits per heavy atom. The number of nitrogens with one attached hydrogen (secondary N) is 1. The van der Waals surface area contributed by atoms with E-state index in [9.17, 15) is 0 Å². The van der Waals surface area contributed by atoms with Crippen molar-refractivity contribution < 1.29 is 0 Å². The van der Waals surface area contributed by atoms with Crippen molar-refractivity contribution in [3.05, 3.63) is 47.0 Å². The first kappa shape index (κ1) is 13.8. The summed E-state index contributed by atoms with van der Waals surface area (Å²) in [5.74, 6) is 6.50. The van der Waals surface area contributed by atoms with Crippen LogP contribution in [-0.4, -0.2) is 6.04 Å². The molecule has 0 radical (unpaired) electrons. The van der Waals surface area contributed by atoms with Crippen molar-refractivity contribution in [2.75, 3.05) is 0 Å². The summed E-state index contributed by atoms with van der Waals surface area (Å²) in [5.41, 5.74) is 7.74. The van der Waals surface area contributed by atoms with E-state index >= 15 is 0 Å². The second-order valence-corrected chi connectivity index (χ2v) is 6.22. The fourth-order valence-corrected chi connectivity index (χ4v) is 3.94. The molecule has 3 rings (SSSR count). The molecule has 0 amide bonds. The van der Waals surface area contributed by atoms with Crippen molar-refractivity contribution in [2.45, 2.75) is 63.3 Å². The van der Waals surface area contributed by atoms with Crippen molar-refractivity contribution in [1.82, 2.24) is 5.43 Å². The van der Waals surface area contributed by atoms with E-state index in [1.165, 1.54) is 62.5 Å². The van der Waals surface area contributed by atoms with E-state index in [0.717, 1.165) is 0 Å². The average molecular weight is 270 g/mol. The minimum Gasteiger partial charge on any atom is -0.271 e. The van der Waals surface area contributed by atoms with Gasteiger partial charge >= 0.3 is 0 Å². The predicted octanol–water partition coefficient (Wildman–Crippen LogP) is 3.83. The standard InChI is InChI=1S/C18H26N2/c19-20-18(15-9-3-1-2-4-10-15)17-13-7-11-14-8-5-6-12-16(14)17/h5-6,8-9,12,17-18,20H,1-4,7,10-11,13,19H2. The van der Waals surface area contributed by atoms with Crippen LogP contribution in [0, 0.1) is 0 Å². The predicted molar refractivity (Wildman–Crippen MR) is 84.4 cm³/mol. The number of hydrogen-bond acceptors (Lipinski definition) is 2. The SMILES string of the molecule is NNC(C1=CCCCCC1)C1CCCc2ccccc21. The quantitative estimate of drug-likeness (QED) is 0.498. The highest BCUT2D eigenvalue weighted by Gasteiger charge is 2.29. The Hall–Kier alpha value is -1.12. The van der Waals surface area contributed by atoms with Crippen LogP contribution >= 0.6 is 0 Å². The summed E-state index contributed by atoms with van der Waals surface area (Å²) in [5, 5.41) is 0. The maximum Gasteiger partial charge on any atom is 0.0488 e. The largest absolute Gasteiger partial charge is 0.271 e. The van der Waals surface area contributed by atoms with Gasteiger partial charge in [0.25, 0.3) is 0 Å². The van der Waals surface area contributed by atoms with Gasteiger partial charge < -0.3 is 0 Å². The lowest BCUT2D eigenvalue weighted by Crippen LogP contribution is -2.42. The number of aryl methyl sites for hydroxylation is 1. The average Bonchev–Trinajstić information content (AvgIpc) is 2.78. The fourth-order valence-electron chi connectivity index (χ4n) is 3.94. The van der Waals surface area contributed by atoms with Gasteiger partial charge in [0.15, 0.2) is 0 Å². The van der Waals surface area contributed by atoms with Crippen LogP contribution < -0.4 is 11.3 Å². The molecule has 108 valence electrons. The van der Waals surface area contributed by atoms with Crippen LogP contribution in [0.4, 0.5) is 0 Å². The third-order valence-corrected chi connectivity index (χ3v) is 4.97. The van der Waals surface area contributed by atoms with E-state index in [1.54, 1.807) is 5.57 Å². The van der Waals surface area contributed by atoms with E-state index in [1.807, 2.05) is 0 Å². The summed E-state index contributed by atoms with van der Waals surface area (Å²) in [4.78, 5) is 0. The van der Waals surface area contributed by atoms with Gasteiger partial charge in [0.1, 0.15) is 0 Å². The highest BCUT2D eigenvalue weighted by molar-refractivity contribution is 5.36. The molecule has 3 N–H and O–H groups in total. The molecule has 2 aliphatic carbocycles. The number of fused-ring (bicyclic) bond motifs is 1. The lowest BCUT2D eigenvalue weighted by atomic mass is 9.76. The molecule has 0 aliphatic heterocycles. The molecule has 2 nitrogen and oxygen atoms in total. The Morgan fingerprint density at radius 3 is 2.85 bits per heavy atom. The molecule has 2 unspecified atom stereocenters. The van der Waals surface area contributed by atoms with E-state index < -0.39 is 0 Å². The first-order valence-corrected chi connectivity index (χ1v) is 8.13. The highest BCUT2D eigenvalue weighted by atomic mass is 15.2. The zero-order valence-corrected chi connectivity index (χ0v) is 12.3. The van der Waals surface area contributed by atoms with Gasteiger partial charge in [0, 0.05) is 12.0 Å². The van der Waals surface area contributed by atoms with Crippen LogP contribution in [0.2, 0.25) is 0 Å². The summed E-state index contributed by atoms with van der Waals surface area (Å²) in [6.45, 7) is 0. The van der Waals surface area contributed by atoms with Gasteiger partial charge in [0.05, 0.1) is 0 Å². The van der Waals surface area contributed by atoms with Gasteiger partial charge in [-0.2, -0.15) is 0 Å². The van der Waals surface area contributed by atoms with Crippen molar-refractivity contribution in [2.24, 2.45) is 5.84 Å². The van der Waals surface area contributed by atoms with Crippen molar-refractivity contribution in [3.8, 4) is 0 Å². The second kappa shape index (κ2) is 6.55. The zero-order valence-electron chi connectivity index (χ0n) is 12.3. The molecule has 0 saturated carbocycles. The number of rotatable bonds is 3. The Bertz CT molecular complexity index is 478. The van der Waals surface area contributed by atoms with Gasteiger partial charge in [-0.3, -0.25) is 11.3 Å². The molecule has 1 aromatic rings. The topological polar surface area (TPSA) is 38.0 Å². The molecule has 2 atom stereocenters. The maximum atomic E-state index is 5.95. The number of benzene rings is 1. The molecule has 0 bridgehead atoms. The van der Waals surface area contributed by atoms with Crippen LogP contribution in [0.25, 0.3) is 0 Å². The van der Waals surface area contributed by atoms with E-state index in [2.05, 4.69) is 35.8 Å².